The lowest BCUT2D eigenvalue weighted by molar-refractivity contribution is -0.138. The van der Waals surface area contributed by atoms with Gasteiger partial charge in [-0.3, -0.25) is 4.79 Å². The van der Waals surface area contributed by atoms with Crippen LogP contribution in [0.15, 0.2) is 17.6 Å². The molecule has 1 saturated heterocycles. The van der Waals surface area contributed by atoms with Crippen molar-refractivity contribution < 1.29 is 9.53 Å². The van der Waals surface area contributed by atoms with E-state index >= 15 is 0 Å². The van der Waals surface area contributed by atoms with Crippen molar-refractivity contribution >= 4 is 23.2 Å². The van der Waals surface area contributed by atoms with Crippen LogP contribution in [0.4, 0.5) is 5.95 Å². The van der Waals surface area contributed by atoms with Crippen LogP contribution in [0.2, 0.25) is 0 Å². The highest BCUT2D eigenvalue weighted by atomic mass is 32.1. The van der Waals surface area contributed by atoms with Crippen LogP contribution in [0.25, 0.3) is 0 Å². The number of morpholine rings is 1. The average Bonchev–Trinajstić information content (AvgIpc) is 3.00. The SMILES string of the molecule is Cc1nc(CC(=O)N2CCO[C@@H](c3ccnc(N(C)C)n3)C2)cs1. The molecule has 0 aromatic carbocycles. The van der Waals surface area contributed by atoms with Crippen molar-refractivity contribution in [1.29, 1.82) is 0 Å². The van der Waals surface area contributed by atoms with E-state index in [1.807, 2.05) is 42.3 Å². The number of carbonyl (C=O) groups excluding carboxylic acids is 1. The third-order valence-electron chi connectivity index (χ3n) is 3.81. The van der Waals surface area contributed by atoms with E-state index in [1.165, 1.54) is 0 Å². The third-order valence-corrected chi connectivity index (χ3v) is 4.63. The van der Waals surface area contributed by atoms with Crippen LogP contribution >= 0.6 is 11.3 Å². The Morgan fingerprint density at radius 2 is 2.29 bits per heavy atom. The number of carbonyl (C=O) groups is 1. The fraction of sp³-hybridized carbons (Fsp3) is 0.500. The summed E-state index contributed by atoms with van der Waals surface area (Å²) >= 11 is 1.57. The predicted octanol–water partition coefficient (Wildman–Crippen LogP) is 1.45. The minimum atomic E-state index is -0.221. The van der Waals surface area contributed by atoms with Gasteiger partial charge < -0.3 is 14.5 Å². The minimum absolute atomic E-state index is 0.0792. The Bertz CT molecular complexity index is 718. The molecule has 3 rings (SSSR count). The molecule has 2 aromatic rings. The van der Waals surface area contributed by atoms with Gasteiger partial charge in [0.05, 0.1) is 36.0 Å². The summed E-state index contributed by atoms with van der Waals surface area (Å²) in [6.45, 7) is 3.56. The van der Waals surface area contributed by atoms with Gasteiger partial charge in [-0.1, -0.05) is 0 Å². The number of ether oxygens (including phenoxy) is 1. The zero-order chi connectivity index (χ0) is 17.1. The smallest absolute Gasteiger partial charge is 0.228 e. The van der Waals surface area contributed by atoms with Crippen molar-refractivity contribution in [3.05, 3.63) is 34.0 Å². The van der Waals surface area contributed by atoms with Crippen molar-refractivity contribution in [3.8, 4) is 0 Å². The Kier molecular flexibility index (Phi) is 5.06. The molecule has 1 aliphatic heterocycles. The van der Waals surface area contributed by atoms with Crippen molar-refractivity contribution in [2.24, 2.45) is 0 Å². The number of aromatic nitrogens is 3. The molecule has 0 N–H and O–H groups in total. The largest absolute Gasteiger partial charge is 0.368 e. The Morgan fingerprint density at radius 3 is 3.00 bits per heavy atom. The molecule has 0 spiro atoms. The van der Waals surface area contributed by atoms with Gasteiger partial charge in [0.25, 0.3) is 0 Å². The van der Waals surface area contributed by atoms with Crippen LogP contribution in [0, 0.1) is 6.92 Å². The van der Waals surface area contributed by atoms with Crippen molar-refractivity contribution in [2.45, 2.75) is 19.4 Å². The summed E-state index contributed by atoms with van der Waals surface area (Å²) in [7, 11) is 3.79. The quantitative estimate of drug-likeness (QED) is 0.834. The Morgan fingerprint density at radius 1 is 1.46 bits per heavy atom. The van der Waals surface area contributed by atoms with Gasteiger partial charge in [0.1, 0.15) is 6.10 Å². The second kappa shape index (κ2) is 7.23. The summed E-state index contributed by atoms with van der Waals surface area (Å²) in [5.74, 6) is 0.716. The van der Waals surface area contributed by atoms with Crippen molar-refractivity contribution in [1.82, 2.24) is 19.9 Å². The van der Waals surface area contributed by atoms with Gasteiger partial charge in [0.15, 0.2) is 0 Å². The molecule has 128 valence electrons. The maximum atomic E-state index is 12.5. The third kappa shape index (κ3) is 3.88. The maximum Gasteiger partial charge on any atom is 0.228 e. The Hall–Kier alpha value is -2.06. The first-order chi connectivity index (χ1) is 11.5. The molecule has 0 saturated carbocycles. The van der Waals surface area contributed by atoms with Gasteiger partial charge in [0, 0.05) is 32.2 Å². The lowest BCUT2D eigenvalue weighted by atomic mass is 10.2. The molecule has 0 bridgehead atoms. The second-order valence-electron chi connectivity index (χ2n) is 5.91. The molecule has 7 nitrogen and oxygen atoms in total. The number of rotatable bonds is 4. The number of hydrogen-bond acceptors (Lipinski definition) is 7. The van der Waals surface area contributed by atoms with Crippen LogP contribution in [0.5, 0.6) is 0 Å². The molecule has 24 heavy (non-hydrogen) atoms. The molecular weight excluding hydrogens is 326 g/mol. The van der Waals surface area contributed by atoms with E-state index in [1.54, 1.807) is 17.5 Å². The van der Waals surface area contributed by atoms with Crippen LogP contribution < -0.4 is 4.90 Å². The van der Waals surface area contributed by atoms with Crippen molar-refractivity contribution in [2.75, 3.05) is 38.7 Å². The normalized spacial score (nSPS) is 17.8. The fourth-order valence-corrected chi connectivity index (χ4v) is 3.18. The van der Waals surface area contributed by atoms with Gasteiger partial charge in [-0.15, -0.1) is 11.3 Å². The molecule has 3 heterocycles. The molecule has 1 aliphatic rings. The van der Waals surface area contributed by atoms with E-state index in [4.69, 9.17) is 4.74 Å². The highest BCUT2D eigenvalue weighted by molar-refractivity contribution is 7.09. The molecular formula is C16H21N5O2S. The first-order valence-corrected chi connectivity index (χ1v) is 8.71. The highest BCUT2D eigenvalue weighted by Gasteiger charge is 2.27. The Balaban J connectivity index is 1.67. The summed E-state index contributed by atoms with van der Waals surface area (Å²) in [5.41, 5.74) is 1.64. The maximum absolute atomic E-state index is 12.5. The number of aryl methyl sites for hydroxylation is 1. The first-order valence-electron chi connectivity index (χ1n) is 7.83. The molecule has 1 fully saturated rings. The van der Waals surface area contributed by atoms with E-state index in [2.05, 4.69) is 15.0 Å². The molecule has 1 amide bonds. The number of amides is 1. The monoisotopic (exact) mass is 347 g/mol. The first kappa shape index (κ1) is 16.8. The zero-order valence-electron chi connectivity index (χ0n) is 14.1. The highest BCUT2D eigenvalue weighted by Crippen LogP contribution is 2.22. The van der Waals surface area contributed by atoms with E-state index in [0.717, 1.165) is 16.4 Å². The number of hydrogen-bond donors (Lipinski definition) is 0. The van der Waals surface area contributed by atoms with E-state index in [9.17, 15) is 4.79 Å². The summed E-state index contributed by atoms with van der Waals surface area (Å²) in [5, 5.41) is 2.92. The molecule has 8 heteroatoms. The van der Waals surface area contributed by atoms with E-state index in [-0.39, 0.29) is 12.0 Å². The van der Waals surface area contributed by atoms with Gasteiger partial charge in [0.2, 0.25) is 11.9 Å². The standard InChI is InChI=1S/C16H21N5O2S/c1-11-18-12(10-24-11)8-15(22)21-6-7-23-14(9-21)13-4-5-17-16(19-13)20(2)3/h4-5,10,14H,6-9H2,1-3H3/t14-/m1/s1. The summed E-state index contributed by atoms with van der Waals surface area (Å²) in [4.78, 5) is 29.3. The predicted molar refractivity (Wildman–Crippen MR) is 92.2 cm³/mol. The topological polar surface area (TPSA) is 71.5 Å². The number of nitrogens with zero attached hydrogens (tertiary/aromatic N) is 5. The summed E-state index contributed by atoms with van der Waals surface area (Å²) in [6, 6.07) is 1.84. The molecule has 0 radical (unpaired) electrons. The molecule has 0 aliphatic carbocycles. The molecule has 1 atom stereocenters. The van der Waals surface area contributed by atoms with Crippen molar-refractivity contribution in [3.63, 3.8) is 0 Å². The lowest BCUT2D eigenvalue weighted by Crippen LogP contribution is -2.43. The van der Waals surface area contributed by atoms with Gasteiger partial charge in [-0.25, -0.2) is 15.0 Å². The average molecular weight is 347 g/mol. The van der Waals surface area contributed by atoms with E-state index in [0.29, 0.717) is 32.1 Å². The zero-order valence-corrected chi connectivity index (χ0v) is 14.9. The van der Waals surface area contributed by atoms with E-state index < -0.39 is 0 Å². The number of thiazole rings is 1. The fourth-order valence-electron chi connectivity index (χ4n) is 2.57. The summed E-state index contributed by atoms with van der Waals surface area (Å²) in [6.07, 6.45) is 1.84. The van der Waals surface area contributed by atoms with Gasteiger partial charge in [-0.2, -0.15) is 0 Å². The van der Waals surface area contributed by atoms with Gasteiger partial charge >= 0.3 is 0 Å². The van der Waals surface area contributed by atoms with Crippen LogP contribution in [-0.2, 0) is 16.0 Å². The lowest BCUT2D eigenvalue weighted by Gasteiger charge is -2.32. The van der Waals surface area contributed by atoms with Crippen LogP contribution in [0.3, 0.4) is 0 Å². The minimum Gasteiger partial charge on any atom is -0.368 e. The summed E-state index contributed by atoms with van der Waals surface area (Å²) < 4.78 is 5.82. The van der Waals surface area contributed by atoms with Crippen LogP contribution in [-0.4, -0.2) is 59.6 Å². The van der Waals surface area contributed by atoms with Crippen LogP contribution in [0.1, 0.15) is 22.5 Å². The number of anilines is 1. The second-order valence-corrected chi connectivity index (χ2v) is 6.97. The Labute approximate surface area is 145 Å². The molecule has 2 aromatic heterocycles. The van der Waals surface area contributed by atoms with Gasteiger partial charge in [-0.05, 0) is 13.0 Å². The molecule has 0 unspecified atom stereocenters.